The lowest BCUT2D eigenvalue weighted by molar-refractivity contribution is 0.354. The molecule has 0 saturated carbocycles. The summed E-state index contributed by atoms with van der Waals surface area (Å²) < 4.78 is 18.4. The Morgan fingerprint density at radius 1 is 1.04 bits per heavy atom. The number of thiocarbonyl (C=S) groups is 1. The Kier molecular flexibility index (Phi) is 4.99. The number of aromatic nitrogens is 2. The predicted octanol–water partition coefficient (Wildman–Crippen LogP) is 5.08. The van der Waals surface area contributed by atoms with Crippen LogP contribution in [0.15, 0.2) is 71.3 Å². The van der Waals surface area contributed by atoms with Crippen LogP contribution in [-0.2, 0) is 0 Å². The van der Waals surface area contributed by atoms with E-state index in [0.717, 1.165) is 11.1 Å². The minimum atomic E-state index is -0.312. The molecule has 4 rings (SSSR count). The highest BCUT2D eigenvalue weighted by Crippen LogP contribution is 2.20. The minimum Gasteiger partial charge on any atom is -0.351 e. The van der Waals surface area contributed by atoms with E-state index in [1.54, 1.807) is 12.1 Å². The van der Waals surface area contributed by atoms with E-state index in [9.17, 15) is 4.39 Å². The van der Waals surface area contributed by atoms with Crippen molar-refractivity contribution in [3.8, 4) is 11.4 Å². The van der Waals surface area contributed by atoms with Crippen LogP contribution in [0.3, 0.4) is 0 Å². The molecule has 0 aliphatic heterocycles. The van der Waals surface area contributed by atoms with Crippen LogP contribution >= 0.6 is 12.2 Å². The number of benzene rings is 3. The van der Waals surface area contributed by atoms with Gasteiger partial charge < -0.3 is 15.2 Å². The van der Waals surface area contributed by atoms with Gasteiger partial charge in [0, 0.05) is 11.3 Å². The third-order valence-electron chi connectivity index (χ3n) is 4.27. The van der Waals surface area contributed by atoms with E-state index < -0.39 is 0 Å². The van der Waals surface area contributed by atoms with Crippen molar-refractivity contribution in [3.63, 3.8) is 0 Å². The van der Waals surface area contributed by atoms with Crippen molar-refractivity contribution in [3.05, 3.63) is 78.4 Å². The van der Waals surface area contributed by atoms with E-state index in [2.05, 4.69) is 32.9 Å². The lowest BCUT2D eigenvalue weighted by Crippen LogP contribution is -2.31. The normalized spacial score (nSPS) is 11.9. The van der Waals surface area contributed by atoms with Crippen molar-refractivity contribution in [1.29, 1.82) is 0 Å². The Hall–Kier alpha value is -3.32. The topological polar surface area (TPSA) is 63.0 Å². The molecule has 0 bridgehead atoms. The predicted molar refractivity (Wildman–Crippen MR) is 111 cm³/mol. The van der Waals surface area contributed by atoms with Gasteiger partial charge in [-0.1, -0.05) is 35.5 Å². The fourth-order valence-electron chi connectivity index (χ4n) is 2.82. The fourth-order valence-corrected chi connectivity index (χ4v) is 3.11. The smallest absolute Gasteiger partial charge is 0.249 e. The largest absolute Gasteiger partial charge is 0.351 e. The van der Waals surface area contributed by atoms with Gasteiger partial charge in [0.1, 0.15) is 11.9 Å². The van der Waals surface area contributed by atoms with Gasteiger partial charge >= 0.3 is 0 Å². The van der Waals surface area contributed by atoms with Gasteiger partial charge in [-0.3, -0.25) is 0 Å². The van der Waals surface area contributed by atoms with Gasteiger partial charge in [0.05, 0.1) is 0 Å². The second kappa shape index (κ2) is 7.74. The summed E-state index contributed by atoms with van der Waals surface area (Å²) in [6.45, 7) is 1.87. The lowest BCUT2D eigenvalue weighted by atomic mass is 10.1. The molecule has 0 amide bonds. The summed E-state index contributed by atoms with van der Waals surface area (Å²) in [5.74, 6) is 0.478. The van der Waals surface area contributed by atoms with E-state index in [0.29, 0.717) is 22.4 Å². The molecule has 0 spiro atoms. The van der Waals surface area contributed by atoms with Gasteiger partial charge in [-0.2, -0.15) is 4.98 Å². The first-order valence-corrected chi connectivity index (χ1v) is 9.15. The zero-order valence-corrected chi connectivity index (χ0v) is 15.8. The standard InChI is InChI=1S/C21H17FN4OS/c1-13(20-25-19(26-27-20)15-6-9-17(22)10-7-15)23-21(28)24-18-11-8-14-4-2-3-5-16(14)12-18/h2-13H,1H3,(H2,23,24,28)/t13-/m0/s1. The van der Waals surface area contributed by atoms with Crippen molar-refractivity contribution in [2.24, 2.45) is 0 Å². The Morgan fingerprint density at radius 3 is 2.57 bits per heavy atom. The Morgan fingerprint density at radius 2 is 1.79 bits per heavy atom. The highest BCUT2D eigenvalue weighted by molar-refractivity contribution is 7.80. The van der Waals surface area contributed by atoms with E-state index in [-0.39, 0.29) is 11.9 Å². The molecule has 140 valence electrons. The number of fused-ring (bicyclic) bond motifs is 1. The van der Waals surface area contributed by atoms with Crippen LogP contribution in [0.4, 0.5) is 10.1 Å². The minimum absolute atomic E-state index is 0.290. The molecule has 5 nitrogen and oxygen atoms in total. The molecule has 28 heavy (non-hydrogen) atoms. The lowest BCUT2D eigenvalue weighted by Gasteiger charge is -2.14. The summed E-state index contributed by atoms with van der Waals surface area (Å²) in [7, 11) is 0. The van der Waals surface area contributed by atoms with Crippen LogP contribution in [0.25, 0.3) is 22.2 Å². The van der Waals surface area contributed by atoms with Gasteiger partial charge in [0.25, 0.3) is 0 Å². The number of nitrogens with zero attached hydrogens (tertiary/aromatic N) is 2. The van der Waals surface area contributed by atoms with E-state index in [4.69, 9.17) is 16.7 Å². The molecule has 0 fully saturated rings. The molecule has 4 aromatic rings. The van der Waals surface area contributed by atoms with Crippen LogP contribution in [0, 0.1) is 5.82 Å². The van der Waals surface area contributed by atoms with Crippen molar-refractivity contribution < 1.29 is 8.91 Å². The van der Waals surface area contributed by atoms with Gasteiger partial charge in [-0.15, -0.1) is 0 Å². The first-order chi connectivity index (χ1) is 13.6. The molecule has 7 heteroatoms. The highest BCUT2D eigenvalue weighted by Gasteiger charge is 2.16. The molecule has 0 radical (unpaired) electrons. The van der Waals surface area contributed by atoms with Gasteiger partial charge in [0.2, 0.25) is 11.7 Å². The second-order valence-corrected chi connectivity index (χ2v) is 6.75. The average Bonchev–Trinajstić information content (AvgIpc) is 3.19. The molecule has 2 N–H and O–H groups in total. The first kappa shape index (κ1) is 18.1. The third kappa shape index (κ3) is 3.99. The quantitative estimate of drug-likeness (QED) is 0.473. The number of hydrogen-bond acceptors (Lipinski definition) is 4. The summed E-state index contributed by atoms with van der Waals surface area (Å²) in [5.41, 5.74) is 1.57. The van der Waals surface area contributed by atoms with Gasteiger partial charge in [-0.25, -0.2) is 4.39 Å². The summed E-state index contributed by atoms with van der Waals surface area (Å²) in [5, 5.41) is 13.0. The summed E-state index contributed by atoms with van der Waals surface area (Å²) in [6, 6.07) is 19.8. The zero-order valence-electron chi connectivity index (χ0n) is 15.0. The number of anilines is 1. The Balaban J connectivity index is 1.42. The summed E-state index contributed by atoms with van der Waals surface area (Å²) in [4.78, 5) is 4.36. The zero-order chi connectivity index (χ0) is 19.5. The summed E-state index contributed by atoms with van der Waals surface area (Å²) >= 11 is 5.40. The summed E-state index contributed by atoms with van der Waals surface area (Å²) in [6.07, 6.45) is 0. The molecule has 0 aliphatic carbocycles. The van der Waals surface area contributed by atoms with E-state index in [1.807, 2.05) is 37.3 Å². The highest BCUT2D eigenvalue weighted by atomic mass is 32.1. The number of halogens is 1. The van der Waals surface area contributed by atoms with Crippen LogP contribution in [-0.4, -0.2) is 15.3 Å². The molecule has 1 heterocycles. The molecule has 0 saturated heterocycles. The van der Waals surface area contributed by atoms with Crippen LogP contribution in [0.2, 0.25) is 0 Å². The van der Waals surface area contributed by atoms with Crippen molar-refractivity contribution >= 4 is 33.8 Å². The molecular formula is C21H17FN4OS. The molecule has 1 atom stereocenters. The van der Waals surface area contributed by atoms with E-state index in [1.165, 1.54) is 17.5 Å². The molecular weight excluding hydrogens is 375 g/mol. The van der Waals surface area contributed by atoms with Crippen LogP contribution in [0.1, 0.15) is 18.9 Å². The maximum absolute atomic E-state index is 13.0. The van der Waals surface area contributed by atoms with Crippen molar-refractivity contribution in [2.45, 2.75) is 13.0 Å². The number of hydrogen-bond donors (Lipinski definition) is 2. The number of rotatable bonds is 4. The van der Waals surface area contributed by atoms with Crippen molar-refractivity contribution in [2.75, 3.05) is 5.32 Å². The molecule has 0 aliphatic rings. The van der Waals surface area contributed by atoms with Gasteiger partial charge in [0.15, 0.2) is 5.11 Å². The number of nitrogens with one attached hydrogen (secondary N) is 2. The first-order valence-electron chi connectivity index (χ1n) is 8.74. The fraction of sp³-hybridized carbons (Fsp3) is 0.0952. The van der Waals surface area contributed by atoms with Crippen molar-refractivity contribution in [1.82, 2.24) is 15.5 Å². The third-order valence-corrected chi connectivity index (χ3v) is 4.49. The van der Waals surface area contributed by atoms with E-state index >= 15 is 0 Å². The Bertz CT molecular complexity index is 1130. The molecule has 0 unspecified atom stereocenters. The van der Waals surface area contributed by atoms with Crippen LogP contribution < -0.4 is 10.6 Å². The monoisotopic (exact) mass is 392 g/mol. The van der Waals surface area contributed by atoms with Gasteiger partial charge in [-0.05, 0) is 66.3 Å². The Labute approximate surface area is 166 Å². The maximum Gasteiger partial charge on any atom is 0.249 e. The maximum atomic E-state index is 13.0. The molecule has 1 aromatic heterocycles. The van der Waals surface area contributed by atoms with Crippen LogP contribution in [0.5, 0.6) is 0 Å². The molecule has 3 aromatic carbocycles. The second-order valence-electron chi connectivity index (χ2n) is 6.35. The SMILES string of the molecule is C[C@H](NC(=S)Nc1ccc2ccccc2c1)c1nc(-c2ccc(F)cc2)no1. The average molecular weight is 392 g/mol.